The molecule has 0 bridgehead atoms. The van der Waals surface area contributed by atoms with Crippen molar-refractivity contribution in [1.82, 2.24) is 4.98 Å². The summed E-state index contributed by atoms with van der Waals surface area (Å²) < 4.78 is 0. The molecule has 0 fully saturated rings. The summed E-state index contributed by atoms with van der Waals surface area (Å²) in [6.45, 7) is 17.5. The van der Waals surface area contributed by atoms with Crippen LogP contribution in [0.5, 0.6) is 0 Å². The number of nitrogens with zero attached hydrogens (tertiary/aromatic N) is 1. The smallest absolute Gasteiger partial charge is 0.0701 e. The fourth-order valence-electron chi connectivity index (χ4n) is 2.15. The van der Waals surface area contributed by atoms with E-state index in [2.05, 4.69) is 121 Å². The summed E-state index contributed by atoms with van der Waals surface area (Å²) in [6, 6.07) is 28.8. The van der Waals surface area contributed by atoms with Gasteiger partial charge in [-0.2, -0.15) is 0 Å². The summed E-state index contributed by atoms with van der Waals surface area (Å²) >= 11 is 0. The Morgan fingerprint density at radius 1 is 0.433 bits per heavy atom. The third-order valence-corrected chi connectivity index (χ3v) is 3.17. The summed E-state index contributed by atoms with van der Waals surface area (Å²) in [4.78, 5) is 4.18. The SMILES string of the molecule is CC(C)(C)C.CC(C)(C)C.c1ccc2ccccc2c1.c1ccc2ncccc2c1. The van der Waals surface area contributed by atoms with Gasteiger partial charge in [-0.3, -0.25) is 4.98 Å². The largest absolute Gasteiger partial charge is 0.256 e. The highest BCUT2D eigenvalue weighted by atomic mass is 14.6. The number of hydrogen-bond acceptors (Lipinski definition) is 1. The number of benzene rings is 3. The van der Waals surface area contributed by atoms with Crippen molar-refractivity contribution in [3.05, 3.63) is 91.1 Å². The van der Waals surface area contributed by atoms with Crippen LogP contribution in [0, 0.1) is 10.8 Å². The van der Waals surface area contributed by atoms with E-state index < -0.39 is 0 Å². The first kappa shape index (κ1) is 25.4. The van der Waals surface area contributed by atoms with Gasteiger partial charge in [0.25, 0.3) is 0 Å². The maximum Gasteiger partial charge on any atom is 0.0701 e. The molecule has 1 heterocycles. The number of hydrogen-bond donors (Lipinski definition) is 0. The molecule has 0 aliphatic rings. The van der Waals surface area contributed by atoms with Crippen LogP contribution in [0.25, 0.3) is 21.7 Å². The normalized spacial score (nSPS) is 10.7. The Hall–Kier alpha value is -2.67. The van der Waals surface area contributed by atoms with Gasteiger partial charge in [0.05, 0.1) is 5.52 Å². The molecule has 0 radical (unpaired) electrons. The van der Waals surface area contributed by atoms with Crippen molar-refractivity contribution in [3.63, 3.8) is 0 Å². The molecule has 160 valence electrons. The highest BCUT2D eigenvalue weighted by Gasteiger charge is 1.96. The predicted octanol–water partition coefficient (Wildman–Crippen LogP) is 9.18. The number of fused-ring (bicyclic) bond motifs is 2. The lowest BCUT2D eigenvalue weighted by Crippen LogP contribution is -1.93. The standard InChI is InChI=1S/C10H8.C9H7N.2C5H12/c1-2-6-10-8-4-3-7-9(10)5-1;1-2-6-9-8(4-1)5-3-7-10-9;2*1-5(2,3)4/h1-8H;1-7H;2*1-4H3. The van der Waals surface area contributed by atoms with Gasteiger partial charge in [0.1, 0.15) is 0 Å². The Morgan fingerprint density at radius 3 is 1.10 bits per heavy atom. The van der Waals surface area contributed by atoms with E-state index in [1.54, 1.807) is 0 Å². The van der Waals surface area contributed by atoms with E-state index in [1.807, 2.05) is 30.5 Å². The van der Waals surface area contributed by atoms with E-state index >= 15 is 0 Å². The minimum Gasteiger partial charge on any atom is -0.256 e. The van der Waals surface area contributed by atoms with Gasteiger partial charge in [-0.25, -0.2) is 0 Å². The first-order valence-corrected chi connectivity index (χ1v) is 10.7. The predicted molar refractivity (Wildman–Crippen MR) is 136 cm³/mol. The second-order valence-electron chi connectivity index (χ2n) is 10.5. The maximum absolute atomic E-state index is 4.18. The maximum atomic E-state index is 4.18. The molecule has 4 rings (SSSR count). The Balaban J connectivity index is 0.000000213. The molecule has 1 nitrogen and oxygen atoms in total. The molecule has 1 heteroatoms. The molecule has 3 aromatic carbocycles. The second-order valence-corrected chi connectivity index (χ2v) is 10.5. The van der Waals surface area contributed by atoms with Crippen LogP contribution in [0.3, 0.4) is 0 Å². The first-order valence-electron chi connectivity index (χ1n) is 10.7. The molecule has 0 aliphatic carbocycles. The van der Waals surface area contributed by atoms with Crippen molar-refractivity contribution < 1.29 is 0 Å². The first-order chi connectivity index (χ1) is 13.9. The number of aromatic nitrogens is 1. The summed E-state index contributed by atoms with van der Waals surface area (Å²) in [5.41, 5.74) is 2.06. The summed E-state index contributed by atoms with van der Waals surface area (Å²) in [7, 11) is 0. The number of pyridine rings is 1. The fraction of sp³-hybridized carbons (Fsp3) is 0.345. The van der Waals surface area contributed by atoms with Crippen molar-refractivity contribution in [2.24, 2.45) is 10.8 Å². The molecule has 0 atom stereocenters. The summed E-state index contributed by atoms with van der Waals surface area (Å²) in [5.74, 6) is 0. The van der Waals surface area contributed by atoms with Gasteiger partial charge in [0, 0.05) is 11.6 Å². The lowest BCUT2D eigenvalue weighted by molar-refractivity contribution is 0.469. The van der Waals surface area contributed by atoms with Crippen LogP contribution < -0.4 is 0 Å². The van der Waals surface area contributed by atoms with Crippen molar-refractivity contribution in [3.8, 4) is 0 Å². The average Bonchev–Trinajstić information content (AvgIpc) is 2.66. The second kappa shape index (κ2) is 12.1. The molecule has 1 aromatic heterocycles. The van der Waals surface area contributed by atoms with Crippen molar-refractivity contribution in [2.45, 2.75) is 55.4 Å². The van der Waals surface area contributed by atoms with Crippen LogP contribution in [0.1, 0.15) is 55.4 Å². The van der Waals surface area contributed by atoms with Gasteiger partial charge < -0.3 is 0 Å². The van der Waals surface area contributed by atoms with Crippen LogP contribution in [0.2, 0.25) is 0 Å². The zero-order valence-electron chi connectivity index (χ0n) is 20.1. The zero-order chi connectivity index (χ0) is 22.6. The highest BCUT2D eigenvalue weighted by molar-refractivity contribution is 5.82. The molecule has 0 N–H and O–H groups in total. The van der Waals surface area contributed by atoms with Gasteiger partial charge in [-0.05, 0) is 33.7 Å². The number of rotatable bonds is 0. The Morgan fingerprint density at radius 2 is 0.733 bits per heavy atom. The fourth-order valence-corrected chi connectivity index (χ4v) is 2.15. The molecule has 30 heavy (non-hydrogen) atoms. The molecular formula is C29H39N. The summed E-state index contributed by atoms with van der Waals surface area (Å²) in [5, 5.41) is 3.82. The average molecular weight is 402 g/mol. The van der Waals surface area contributed by atoms with Crippen LogP contribution in [0.4, 0.5) is 0 Å². The van der Waals surface area contributed by atoms with Crippen molar-refractivity contribution in [2.75, 3.05) is 0 Å². The minimum atomic E-state index is 0.500. The lowest BCUT2D eigenvalue weighted by Gasteiger charge is -2.05. The Labute approximate surface area is 184 Å². The van der Waals surface area contributed by atoms with Crippen molar-refractivity contribution in [1.29, 1.82) is 0 Å². The quantitative estimate of drug-likeness (QED) is 0.286. The zero-order valence-corrected chi connectivity index (χ0v) is 20.1. The van der Waals surface area contributed by atoms with Crippen LogP contribution in [-0.4, -0.2) is 4.98 Å². The Kier molecular flexibility index (Phi) is 10.3. The monoisotopic (exact) mass is 401 g/mol. The molecule has 0 spiro atoms. The minimum absolute atomic E-state index is 0.500. The molecule has 0 aliphatic heterocycles. The van der Waals surface area contributed by atoms with E-state index in [0.29, 0.717) is 10.8 Å². The van der Waals surface area contributed by atoms with Gasteiger partial charge in [-0.15, -0.1) is 0 Å². The van der Waals surface area contributed by atoms with E-state index in [4.69, 9.17) is 0 Å². The highest BCUT2D eigenvalue weighted by Crippen LogP contribution is 2.11. The molecule has 4 aromatic rings. The topological polar surface area (TPSA) is 12.9 Å². The van der Waals surface area contributed by atoms with Crippen molar-refractivity contribution >= 4 is 21.7 Å². The van der Waals surface area contributed by atoms with Crippen LogP contribution in [0.15, 0.2) is 91.1 Å². The lowest BCUT2D eigenvalue weighted by atomic mass is 10.0. The molecule has 0 saturated heterocycles. The Bertz CT molecular complexity index is 762. The molecule has 0 unspecified atom stereocenters. The van der Waals surface area contributed by atoms with Gasteiger partial charge in [-0.1, -0.05) is 128 Å². The molecule has 0 saturated carbocycles. The molecular weight excluding hydrogens is 362 g/mol. The van der Waals surface area contributed by atoms with Gasteiger partial charge in [0.2, 0.25) is 0 Å². The third-order valence-electron chi connectivity index (χ3n) is 3.17. The van der Waals surface area contributed by atoms with Crippen LogP contribution >= 0.6 is 0 Å². The van der Waals surface area contributed by atoms with E-state index in [9.17, 15) is 0 Å². The van der Waals surface area contributed by atoms with Gasteiger partial charge in [0.15, 0.2) is 0 Å². The van der Waals surface area contributed by atoms with E-state index in [0.717, 1.165) is 5.52 Å². The third kappa shape index (κ3) is 13.5. The van der Waals surface area contributed by atoms with E-state index in [1.165, 1.54) is 16.2 Å². The summed E-state index contributed by atoms with van der Waals surface area (Å²) in [6.07, 6.45) is 1.81. The van der Waals surface area contributed by atoms with Crippen LogP contribution in [-0.2, 0) is 0 Å². The molecule has 0 amide bonds. The van der Waals surface area contributed by atoms with E-state index in [-0.39, 0.29) is 0 Å². The number of para-hydroxylation sites is 1. The van der Waals surface area contributed by atoms with Gasteiger partial charge >= 0.3 is 0 Å².